The van der Waals surface area contributed by atoms with Gasteiger partial charge in [-0.15, -0.1) is 0 Å². The van der Waals surface area contributed by atoms with Crippen molar-refractivity contribution in [3.63, 3.8) is 0 Å². The van der Waals surface area contributed by atoms with Crippen LogP contribution < -0.4 is 5.32 Å². The molecule has 27 heavy (non-hydrogen) atoms. The van der Waals surface area contributed by atoms with Crippen molar-refractivity contribution in [3.8, 4) is 11.1 Å². The summed E-state index contributed by atoms with van der Waals surface area (Å²) in [6, 6.07) is 20.3. The Morgan fingerprint density at radius 2 is 1.85 bits per heavy atom. The molecule has 0 aliphatic heterocycles. The number of hydrogen-bond acceptors (Lipinski definition) is 3. The molecule has 0 aliphatic carbocycles. The van der Waals surface area contributed by atoms with Crippen molar-refractivity contribution in [1.29, 1.82) is 0 Å². The molecule has 0 fully saturated rings. The van der Waals surface area contributed by atoms with Crippen molar-refractivity contribution in [3.05, 3.63) is 78.6 Å². The zero-order chi connectivity index (χ0) is 18.6. The molecule has 0 radical (unpaired) electrons. The number of nitrogens with zero attached hydrogens (tertiary/aromatic N) is 1. The van der Waals surface area contributed by atoms with Gasteiger partial charge in [0.15, 0.2) is 0 Å². The van der Waals surface area contributed by atoms with E-state index in [2.05, 4.69) is 34.6 Å². The lowest BCUT2D eigenvalue weighted by Gasteiger charge is -2.11. The Kier molecular flexibility index (Phi) is 4.81. The molecule has 0 bridgehead atoms. The Labute approximate surface area is 157 Å². The van der Waals surface area contributed by atoms with Gasteiger partial charge in [0.25, 0.3) is 5.91 Å². The predicted octanol–water partition coefficient (Wildman–Crippen LogP) is 4.43. The van der Waals surface area contributed by atoms with Gasteiger partial charge in [-0.3, -0.25) is 9.78 Å². The highest BCUT2D eigenvalue weighted by Gasteiger charge is 2.11. The van der Waals surface area contributed by atoms with Crippen LogP contribution in [-0.2, 0) is 4.74 Å². The average molecular weight is 356 g/mol. The topological polar surface area (TPSA) is 51.2 Å². The second-order valence-electron chi connectivity index (χ2n) is 6.39. The molecule has 0 unspecified atom stereocenters. The maximum Gasteiger partial charge on any atom is 0.251 e. The summed E-state index contributed by atoms with van der Waals surface area (Å²) in [6.45, 7) is 0.991. The summed E-state index contributed by atoms with van der Waals surface area (Å²) >= 11 is 0. The minimum absolute atomic E-state index is 0.0818. The van der Waals surface area contributed by atoms with E-state index in [0.29, 0.717) is 18.7 Å². The number of fused-ring (bicyclic) bond motifs is 2. The maximum absolute atomic E-state index is 12.5. The first-order chi connectivity index (χ1) is 13.3. The van der Waals surface area contributed by atoms with Gasteiger partial charge < -0.3 is 10.1 Å². The van der Waals surface area contributed by atoms with Crippen molar-refractivity contribution in [1.82, 2.24) is 10.3 Å². The van der Waals surface area contributed by atoms with Crippen LogP contribution in [0.15, 0.2) is 73.1 Å². The second-order valence-corrected chi connectivity index (χ2v) is 6.39. The third kappa shape index (κ3) is 3.39. The smallest absolute Gasteiger partial charge is 0.251 e. The van der Waals surface area contributed by atoms with Gasteiger partial charge in [0.2, 0.25) is 0 Å². The summed E-state index contributed by atoms with van der Waals surface area (Å²) in [4.78, 5) is 16.7. The quantitative estimate of drug-likeness (QED) is 0.538. The van der Waals surface area contributed by atoms with Gasteiger partial charge in [-0.25, -0.2) is 0 Å². The molecular formula is C23H20N2O2. The van der Waals surface area contributed by atoms with Gasteiger partial charge in [-0.2, -0.15) is 0 Å². The van der Waals surface area contributed by atoms with Crippen LogP contribution in [0.25, 0.3) is 32.7 Å². The monoisotopic (exact) mass is 356 g/mol. The Hall–Kier alpha value is -3.24. The fraction of sp³-hybridized carbons (Fsp3) is 0.130. The molecule has 134 valence electrons. The number of methoxy groups -OCH3 is 1. The van der Waals surface area contributed by atoms with Crippen LogP contribution in [0.3, 0.4) is 0 Å². The molecule has 0 saturated heterocycles. The summed E-state index contributed by atoms with van der Waals surface area (Å²) in [5.41, 5.74) is 2.96. The van der Waals surface area contributed by atoms with E-state index in [1.165, 1.54) is 5.39 Å². The number of nitrogens with one attached hydrogen (secondary N) is 1. The van der Waals surface area contributed by atoms with Crippen LogP contribution in [0.1, 0.15) is 10.4 Å². The molecule has 0 atom stereocenters. The van der Waals surface area contributed by atoms with E-state index in [1.54, 1.807) is 7.11 Å². The first-order valence-electron chi connectivity index (χ1n) is 8.91. The molecule has 4 aromatic rings. The minimum Gasteiger partial charge on any atom is -0.383 e. The zero-order valence-corrected chi connectivity index (χ0v) is 15.1. The molecule has 3 aromatic carbocycles. The number of pyridine rings is 1. The number of carbonyl (C=O) groups excluding carboxylic acids is 1. The Morgan fingerprint density at radius 3 is 2.74 bits per heavy atom. The van der Waals surface area contributed by atoms with Gasteiger partial charge in [-0.05, 0) is 45.5 Å². The molecule has 1 heterocycles. The lowest BCUT2D eigenvalue weighted by atomic mass is 9.95. The predicted molar refractivity (Wildman–Crippen MR) is 109 cm³/mol. The third-order valence-corrected chi connectivity index (χ3v) is 4.71. The number of amides is 1. The number of aromatic nitrogens is 1. The molecule has 4 rings (SSSR count). The number of ether oxygens (including phenoxy) is 1. The molecule has 1 amide bonds. The lowest BCUT2D eigenvalue weighted by Crippen LogP contribution is -2.27. The van der Waals surface area contributed by atoms with Crippen LogP contribution in [0.4, 0.5) is 0 Å². The summed E-state index contributed by atoms with van der Waals surface area (Å²) in [6.07, 6.45) is 3.69. The van der Waals surface area contributed by atoms with Gasteiger partial charge in [0, 0.05) is 37.0 Å². The standard InChI is InChI=1S/C23H20N2O2/c1-27-13-12-25-23(26)22-7-2-4-16-14-17(8-9-20(16)22)19-6-3-5-18-15-24-11-10-21(18)19/h2-11,14-15H,12-13H2,1H3,(H,25,26). The van der Waals surface area contributed by atoms with E-state index in [0.717, 1.165) is 27.3 Å². The Balaban J connectivity index is 1.76. The Morgan fingerprint density at radius 1 is 1.00 bits per heavy atom. The van der Waals surface area contributed by atoms with E-state index in [1.807, 2.05) is 48.8 Å². The average Bonchev–Trinajstić information content (AvgIpc) is 2.72. The lowest BCUT2D eigenvalue weighted by molar-refractivity contribution is 0.0939. The highest BCUT2D eigenvalue weighted by molar-refractivity contribution is 6.08. The van der Waals surface area contributed by atoms with E-state index in [9.17, 15) is 4.79 Å². The van der Waals surface area contributed by atoms with Crippen LogP contribution in [0.2, 0.25) is 0 Å². The molecule has 0 spiro atoms. The van der Waals surface area contributed by atoms with E-state index in [4.69, 9.17) is 4.74 Å². The molecule has 0 saturated carbocycles. The van der Waals surface area contributed by atoms with Crippen molar-refractivity contribution < 1.29 is 9.53 Å². The van der Waals surface area contributed by atoms with Crippen LogP contribution in [0.5, 0.6) is 0 Å². The van der Waals surface area contributed by atoms with Gasteiger partial charge in [-0.1, -0.05) is 42.5 Å². The molecule has 1 N–H and O–H groups in total. The highest BCUT2D eigenvalue weighted by Crippen LogP contribution is 2.31. The zero-order valence-electron chi connectivity index (χ0n) is 15.1. The minimum atomic E-state index is -0.0818. The number of hydrogen-bond donors (Lipinski definition) is 1. The number of rotatable bonds is 5. The Bertz CT molecular complexity index is 1120. The van der Waals surface area contributed by atoms with Crippen molar-refractivity contribution in [2.24, 2.45) is 0 Å². The largest absolute Gasteiger partial charge is 0.383 e. The fourth-order valence-electron chi connectivity index (χ4n) is 3.39. The van der Waals surface area contributed by atoms with Gasteiger partial charge in [0.1, 0.15) is 0 Å². The SMILES string of the molecule is COCCNC(=O)c1cccc2cc(-c3cccc4cnccc34)ccc12. The second kappa shape index (κ2) is 7.56. The molecule has 4 nitrogen and oxygen atoms in total. The van der Waals surface area contributed by atoms with Crippen LogP contribution in [-0.4, -0.2) is 31.2 Å². The first kappa shape index (κ1) is 17.2. The maximum atomic E-state index is 12.5. The highest BCUT2D eigenvalue weighted by atomic mass is 16.5. The third-order valence-electron chi connectivity index (χ3n) is 4.71. The van der Waals surface area contributed by atoms with Crippen LogP contribution in [0, 0.1) is 0 Å². The molecule has 4 heteroatoms. The van der Waals surface area contributed by atoms with Crippen molar-refractivity contribution in [2.45, 2.75) is 0 Å². The van der Waals surface area contributed by atoms with Crippen molar-refractivity contribution in [2.75, 3.05) is 20.3 Å². The summed E-state index contributed by atoms with van der Waals surface area (Å²) in [7, 11) is 1.62. The van der Waals surface area contributed by atoms with E-state index in [-0.39, 0.29) is 5.91 Å². The molecule has 0 aliphatic rings. The molecule has 1 aromatic heterocycles. The summed E-state index contributed by atoms with van der Waals surface area (Å²) < 4.78 is 5.00. The normalized spacial score (nSPS) is 11.0. The number of carbonyl (C=O) groups is 1. The van der Waals surface area contributed by atoms with Crippen LogP contribution >= 0.6 is 0 Å². The van der Waals surface area contributed by atoms with E-state index < -0.39 is 0 Å². The van der Waals surface area contributed by atoms with E-state index >= 15 is 0 Å². The van der Waals surface area contributed by atoms with Gasteiger partial charge in [0.05, 0.1) is 6.61 Å². The first-order valence-corrected chi connectivity index (χ1v) is 8.91. The number of benzene rings is 3. The summed E-state index contributed by atoms with van der Waals surface area (Å²) in [5, 5.41) is 7.15. The van der Waals surface area contributed by atoms with Crippen molar-refractivity contribution >= 4 is 27.5 Å². The van der Waals surface area contributed by atoms with Gasteiger partial charge >= 0.3 is 0 Å². The molecular weight excluding hydrogens is 336 g/mol. The summed E-state index contributed by atoms with van der Waals surface area (Å²) in [5.74, 6) is -0.0818. The fourth-order valence-corrected chi connectivity index (χ4v) is 3.39.